The van der Waals surface area contributed by atoms with Gasteiger partial charge in [0.2, 0.25) is 0 Å². The Morgan fingerprint density at radius 3 is 2.25 bits per heavy atom. The molecular weight excluding hydrogens is 446 g/mol. The number of hydrogen-bond acceptors (Lipinski definition) is 6. The summed E-state index contributed by atoms with van der Waals surface area (Å²) in [5, 5.41) is 11.5. The number of aliphatic carboxylic acids is 1. The topological polar surface area (TPSA) is 91.8 Å². The Hall–Kier alpha value is -1.32. The van der Waals surface area contributed by atoms with Crippen LogP contribution in [0.4, 0.5) is 4.79 Å². The average molecular weight is 482 g/mol. The number of urea groups is 1. The lowest BCUT2D eigenvalue weighted by atomic mass is 9.84. The van der Waals surface area contributed by atoms with Gasteiger partial charge in [-0.2, -0.15) is 0 Å². The molecule has 7 nitrogen and oxygen atoms in total. The third kappa shape index (κ3) is 6.84. The van der Waals surface area contributed by atoms with Crippen LogP contribution in [0.2, 0.25) is 0 Å². The third-order valence-electron chi connectivity index (χ3n) is 6.94. The number of rotatable bonds is 10. The highest BCUT2D eigenvalue weighted by Gasteiger charge is 2.36. The first-order valence-electron chi connectivity index (χ1n) is 12.0. The van der Waals surface area contributed by atoms with Crippen molar-refractivity contribution in [3.8, 4) is 0 Å². The Morgan fingerprint density at radius 2 is 1.69 bits per heavy atom. The van der Waals surface area contributed by atoms with Gasteiger partial charge < -0.3 is 20.1 Å². The smallest absolute Gasteiger partial charge is 0.337 e. The van der Waals surface area contributed by atoms with Gasteiger partial charge in [0.05, 0.1) is 15.9 Å². The molecule has 3 saturated carbocycles. The fraction of sp³-hybridized carbons (Fsp3) is 0.783. The van der Waals surface area contributed by atoms with Crippen molar-refractivity contribution in [1.29, 1.82) is 0 Å². The molecule has 0 aromatic carbocycles. The van der Waals surface area contributed by atoms with Crippen LogP contribution in [0.15, 0.2) is 15.9 Å². The van der Waals surface area contributed by atoms with Gasteiger partial charge in [0.25, 0.3) is 0 Å². The first-order valence-corrected chi connectivity index (χ1v) is 13.8. The van der Waals surface area contributed by atoms with E-state index in [4.69, 9.17) is 4.74 Å². The molecule has 0 spiro atoms. The van der Waals surface area contributed by atoms with E-state index < -0.39 is 11.3 Å². The van der Waals surface area contributed by atoms with E-state index in [-0.39, 0.29) is 18.1 Å². The molecule has 0 aliphatic heterocycles. The van der Waals surface area contributed by atoms with E-state index in [0.29, 0.717) is 5.92 Å². The van der Waals surface area contributed by atoms with Crippen molar-refractivity contribution in [3.05, 3.63) is 11.7 Å². The molecule has 1 aromatic heterocycles. The van der Waals surface area contributed by atoms with Gasteiger partial charge >= 0.3 is 12.0 Å². The van der Waals surface area contributed by atoms with E-state index in [1.165, 1.54) is 30.6 Å². The van der Waals surface area contributed by atoms with Crippen molar-refractivity contribution >= 4 is 35.1 Å². The standard InChI is InChI=1S/C23H35N3O4S2/c27-22(28)21(32-20-12-24-15-31-20)25-23(29)26(18-4-2-1-3-5-18)19-10-8-17(9-11-19)14-30-13-16-6-7-16/h12,15-19,21H,1-11,13-14H2,(H,25,29)(H,27,28). The Morgan fingerprint density at radius 1 is 1.06 bits per heavy atom. The Bertz CT molecular complexity index is 730. The molecule has 32 heavy (non-hydrogen) atoms. The lowest BCUT2D eigenvalue weighted by molar-refractivity contribution is -0.136. The van der Waals surface area contributed by atoms with E-state index in [9.17, 15) is 14.7 Å². The summed E-state index contributed by atoms with van der Waals surface area (Å²) in [6, 6.07) is 0.162. The quantitative estimate of drug-likeness (QED) is 0.362. The van der Waals surface area contributed by atoms with Crippen LogP contribution in [0.3, 0.4) is 0 Å². The zero-order valence-electron chi connectivity index (χ0n) is 18.6. The van der Waals surface area contributed by atoms with E-state index in [2.05, 4.69) is 10.3 Å². The number of nitrogens with one attached hydrogen (secondary N) is 1. The lowest BCUT2D eigenvalue weighted by Gasteiger charge is -2.43. The van der Waals surface area contributed by atoms with Gasteiger partial charge in [-0.1, -0.05) is 31.0 Å². The molecule has 0 bridgehead atoms. The maximum absolute atomic E-state index is 13.4. The second-order valence-corrected chi connectivity index (χ2v) is 11.8. The van der Waals surface area contributed by atoms with Gasteiger partial charge in [-0.3, -0.25) is 4.98 Å². The number of nitrogens with zero attached hydrogens (tertiary/aromatic N) is 2. The van der Waals surface area contributed by atoms with Crippen LogP contribution in [0.5, 0.6) is 0 Å². The summed E-state index contributed by atoms with van der Waals surface area (Å²) < 4.78 is 6.71. The Kier molecular flexibility index (Phi) is 8.71. The second-order valence-electron chi connectivity index (χ2n) is 9.46. The van der Waals surface area contributed by atoms with Crippen molar-refractivity contribution in [2.75, 3.05) is 13.2 Å². The molecule has 0 saturated heterocycles. The van der Waals surface area contributed by atoms with Gasteiger partial charge in [0, 0.05) is 25.3 Å². The van der Waals surface area contributed by atoms with Crippen molar-refractivity contribution in [3.63, 3.8) is 0 Å². The van der Waals surface area contributed by atoms with Crippen molar-refractivity contribution in [2.45, 2.75) is 92.3 Å². The minimum atomic E-state index is -1.03. The molecule has 1 unspecified atom stereocenters. The third-order valence-corrected chi connectivity index (χ3v) is 8.97. The summed E-state index contributed by atoms with van der Waals surface area (Å²) in [5.74, 6) is 0.341. The van der Waals surface area contributed by atoms with Crippen LogP contribution < -0.4 is 5.32 Å². The SMILES string of the molecule is O=C(O)C(NC(=O)N(C1CCCCC1)C1CCC(COCC2CC2)CC1)Sc1cncs1. The number of ether oxygens (including phenoxy) is 1. The summed E-state index contributed by atoms with van der Waals surface area (Å²) >= 11 is 2.52. The monoisotopic (exact) mass is 481 g/mol. The Labute approximate surface area is 198 Å². The molecule has 2 amide bonds. The number of thiazole rings is 1. The van der Waals surface area contributed by atoms with Gasteiger partial charge in [-0.05, 0) is 63.2 Å². The number of carboxylic acid groups (broad SMARTS) is 1. The predicted octanol–water partition coefficient (Wildman–Crippen LogP) is 4.98. The molecule has 2 N–H and O–H groups in total. The summed E-state index contributed by atoms with van der Waals surface area (Å²) in [6.07, 6.45) is 13.9. The minimum absolute atomic E-state index is 0.181. The average Bonchev–Trinajstić information content (AvgIpc) is 3.48. The van der Waals surface area contributed by atoms with E-state index in [0.717, 1.165) is 86.5 Å². The Balaban J connectivity index is 1.36. The maximum Gasteiger partial charge on any atom is 0.337 e. The molecule has 3 aliphatic carbocycles. The molecule has 3 aliphatic rings. The fourth-order valence-electron chi connectivity index (χ4n) is 4.97. The number of amides is 2. The molecule has 178 valence electrons. The minimum Gasteiger partial charge on any atom is -0.479 e. The fourth-order valence-corrected chi connectivity index (χ4v) is 6.57. The molecule has 1 heterocycles. The largest absolute Gasteiger partial charge is 0.479 e. The molecule has 9 heteroatoms. The lowest BCUT2D eigenvalue weighted by Crippen LogP contribution is -2.55. The number of carboxylic acids is 1. The number of carbonyl (C=O) groups is 2. The van der Waals surface area contributed by atoms with E-state index in [1.54, 1.807) is 11.7 Å². The van der Waals surface area contributed by atoms with Crippen LogP contribution in [0.25, 0.3) is 0 Å². The second kappa shape index (κ2) is 11.7. The molecule has 4 rings (SSSR count). The highest BCUT2D eigenvalue weighted by Crippen LogP contribution is 2.34. The number of thioether (sulfide) groups is 1. The van der Waals surface area contributed by atoms with Crippen LogP contribution in [-0.2, 0) is 9.53 Å². The van der Waals surface area contributed by atoms with Crippen LogP contribution >= 0.6 is 23.1 Å². The number of carbonyl (C=O) groups excluding carboxylic acids is 1. The maximum atomic E-state index is 13.4. The van der Waals surface area contributed by atoms with Crippen molar-refractivity contribution in [1.82, 2.24) is 15.2 Å². The van der Waals surface area contributed by atoms with E-state index in [1.807, 2.05) is 4.90 Å². The predicted molar refractivity (Wildman–Crippen MR) is 126 cm³/mol. The highest BCUT2D eigenvalue weighted by molar-refractivity contribution is 8.02. The summed E-state index contributed by atoms with van der Waals surface area (Å²) in [6.45, 7) is 1.75. The van der Waals surface area contributed by atoms with Crippen LogP contribution in [0.1, 0.15) is 70.6 Å². The van der Waals surface area contributed by atoms with E-state index >= 15 is 0 Å². The van der Waals surface area contributed by atoms with Crippen LogP contribution in [-0.4, -0.2) is 57.7 Å². The first kappa shape index (κ1) is 23.8. The first-order chi connectivity index (χ1) is 15.6. The van der Waals surface area contributed by atoms with Gasteiger partial charge in [0.1, 0.15) is 0 Å². The number of hydrogen-bond donors (Lipinski definition) is 2. The molecule has 0 radical (unpaired) electrons. The zero-order chi connectivity index (χ0) is 22.3. The van der Waals surface area contributed by atoms with Gasteiger partial charge in [0.15, 0.2) is 5.37 Å². The summed E-state index contributed by atoms with van der Waals surface area (Å²) in [5.41, 5.74) is 1.67. The highest BCUT2D eigenvalue weighted by atomic mass is 32.2. The molecular formula is C23H35N3O4S2. The molecule has 1 atom stereocenters. The van der Waals surface area contributed by atoms with Gasteiger partial charge in [-0.25, -0.2) is 9.59 Å². The normalized spacial score (nSPS) is 25.2. The summed E-state index contributed by atoms with van der Waals surface area (Å²) in [7, 11) is 0. The molecule has 1 aromatic rings. The molecule has 3 fully saturated rings. The van der Waals surface area contributed by atoms with Gasteiger partial charge in [-0.15, -0.1) is 11.3 Å². The number of aromatic nitrogens is 1. The summed E-state index contributed by atoms with van der Waals surface area (Å²) in [4.78, 5) is 31.3. The zero-order valence-corrected chi connectivity index (χ0v) is 20.2. The van der Waals surface area contributed by atoms with Crippen molar-refractivity contribution in [2.24, 2.45) is 11.8 Å². The van der Waals surface area contributed by atoms with Crippen molar-refractivity contribution < 1.29 is 19.4 Å². The van der Waals surface area contributed by atoms with Crippen LogP contribution in [0, 0.1) is 11.8 Å².